The maximum atomic E-state index is 2.59. The van der Waals surface area contributed by atoms with Gasteiger partial charge in [-0.25, -0.2) is 0 Å². The Bertz CT molecular complexity index is 719. The molecule has 0 aromatic heterocycles. The van der Waals surface area contributed by atoms with Crippen LogP contribution in [0.1, 0.15) is 29.5 Å². The average Bonchev–Trinajstić information content (AvgIpc) is 3.24. The molecule has 0 bridgehead atoms. The van der Waals surface area contributed by atoms with Gasteiger partial charge in [0.15, 0.2) is 0 Å². The summed E-state index contributed by atoms with van der Waals surface area (Å²) in [5, 5.41) is 0. The Labute approximate surface area is 132 Å². The minimum absolute atomic E-state index is 1.02. The molecule has 1 heteroatoms. The molecule has 0 amide bonds. The molecule has 0 spiro atoms. The molecule has 1 aliphatic heterocycles. The van der Waals surface area contributed by atoms with Gasteiger partial charge in [0, 0.05) is 30.8 Å². The van der Waals surface area contributed by atoms with Crippen molar-refractivity contribution in [2.45, 2.75) is 19.3 Å². The molecule has 1 saturated heterocycles. The number of hydrogen-bond acceptors (Lipinski definition) is 1. The number of rotatable bonds is 3. The van der Waals surface area contributed by atoms with Crippen LogP contribution in [0.5, 0.6) is 0 Å². The molecule has 2 aliphatic rings. The van der Waals surface area contributed by atoms with Gasteiger partial charge in [-0.1, -0.05) is 66.7 Å². The first-order valence-corrected chi connectivity index (χ1v) is 8.21. The normalized spacial score (nSPS) is 18.6. The molecule has 0 N–H and O–H groups in total. The molecule has 0 saturated carbocycles. The first kappa shape index (κ1) is 13.4. The number of likely N-dealkylation sites (tertiary alicyclic amines) is 1. The van der Waals surface area contributed by atoms with Gasteiger partial charge >= 0.3 is 0 Å². The average molecular weight is 287 g/mol. The monoisotopic (exact) mass is 287 g/mol. The van der Waals surface area contributed by atoms with Crippen LogP contribution < -0.4 is 0 Å². The van der Waals surface area contributed by atoms with Gasteiger partial charge in [0.2, 0.25) is 0 Å². The molecule has 1 heterocycles. The van der Waals surface area contributed by atoms with Crippen molar-refractivity contribution in [3.05, 3.63) is 83.1 Å². The van der Waals surface area contributed by atoms with E-state index in [1.807, 2.05) is 0 Å². The molecule has 22 heavy (non-hydrogen) atoms. The van der Waals surface area contributed by atoms with E-state index >= 15 is 0 Å². The highest BCUT2D eigenvalue weighted by atomic mass is 15.1. The van der Waals surface area contributed by atoms with Crippen LogP contribution in [0, 0.1) is 0 Å². The zero-order chi connectivity index (χ0) is 14.8. The minimum atomic E-state index is 1.02. The zero-order valence-electron chi connectivity index (χ0n) is 12.8. The highest BCUT2D eigenvalue weighted by Gasteiger charge is 2.21. The topological polar surface area (TPSA) is 3.24 Å². The second kappa shape index (κ2) is 5.84. The Balaban J connectivity index is 1.78. The van der Waals surface area contributed by atoms with Crippen molar-refractivity contribution in [3.63, 3.8) is 0 Å². The van der Waals surface area contributed by atoms with E-state index in [0.29, 0.717) is 0 Å². The maximum Gasteiger partial charge on any atom is 0.0257 e. The van der Waals surface area contributed by atoms with Gasteiger partial charge < -0.3 is 4.90 Å². The molecular formula is C21H21N. The molecule has 1 fully saturated rings. The smallest absolute Gasteiger partial charge is 0.0257 e. The van der Waals surface area contributed by atoms with E-state index in [1.165, 1.54) is 53.9 Å². The Hall–Kier alpha value is -2.28. The third kappa shape index (κ3) is 2.48. The van der Waals surface area contributed by atoms with E-state index in [-0.39, 0.29) is 0 Å². The van der Waals surface area contributed by atoms with Crippen LogP contribution in [-0.2, 0) is 6.42 Å². The fraction of sp³-hybridized carbons (Fsp3) is 0.238. The molecule has 110 valence electrons. The predicted octanol–water partition coefficient (Wildman–Crippen LogP) is 4.76. The van der Waals surface area contributed by atoms with E-state index in [9.17, 15) is 0 Å². The van der Waals surface area contributed by atoms with Gasteiger partial charge in [-0.15, -0.1) is 0 Å². The van der Waals surface area contributed by atoms with Crippen molar-refractivity contribution in [2.75, 3.05) is 13.1 Å². The fourth-order valence-electron chi connectivity index (χ4n) is 3.56. The summed E-state index contributed by atoms with van der Waals surface area (Å²) in [6.45, 7) is 2.39. The standard InChI is InChI=1S/C21H21N/c1-2-8-17(9-3-1)16-21(22-14-6-7-15-22)20-13-12-18-10-4-5-11-19(18)20/h1-5,8-13H,6-7,14-16H2/b21-20-. The largest absolute Gasteiger partial charge is 0.374 e. The summed E-state index contributed by atoms with van der Waals surface area (Å²) < 4.78 is 0. The van der Waals surface area contributed by atoms with Crippen LogP contribution in [0.2, 0.25) is 0 Å². The van der Waals surface area contributed by atoms with Crippen LogP contribution in [0.4, 0.5) is 0 Å². The highest BCUT2D eigenvalue weighted by molar-refractivity contribution is 5.91. The summed E-state index contributed by atoms with van der Waals surface area (Å²) >= 11 is 0. The lowest BCUT2D eigenvalue weighted by Gasteiger charge is -2.24. The van der Waals surface area contributed by atoms with Crippen LogP contribution in [-0.4, -0.2) is 18.0 Å². The SMILES string of the molecule is C1=Cc2ccccc2/C1=C(/Cc1ccccc1)N1CCCC1. The Morgan fingerprint density at radius 1 is 0.818 bits per heavy atom. The van der Waals surface area contributed by atoms with E-state index in [1.54, 1.807) is 0 Å². The lowest BCUT2D eigenvalue weighted by molar-refractivity contribution is 0.419. The summed E-state index contributed by atoms with van der Waals surface area (Å²) in [6, 6.07) is 19.6. The van der Waals surface area contributed by atoms with Crippen LogP contribution in [0.15, 0.2) is 66.4 Å². The summed E-state index contributed by atoms with van der Waals surface area (Å²) in [5.74, 6) is 0. The molecule has 1 aliphatic carbocycles. The fourth-order valence-corrected chi connectivity index (χ4v) is 3.56. The van der Waals surface area contributed by atoms with Gasteiger partial charge in [0.1, 0.15) is 0 Å². The Morgan fingerprint density at radius 3 is 2.36 bits per heavy atom. The highest BCUT2D eigenvalue weighted by Crippen LogP contribution is 2.35. The third-order valence-corrected chi connectivity index (χ3v) is 4.69. The van der Waals surface area contributed by atoms with Gasteiger partial charge in [-0.2, -0.15) is 0 Å². The molecule has 0 unspecified atom stereocenters. The number of allylic oxidation sites excluding steroid dienone is 3. The van der Waals surface area contributed by atoms with Crippen LogP contribution in [0.25, 0.3) is 11.6 Å². The summed E-state index contributed by atoms with van der Waals surface area (Å²) in [4.78, 5) is 2.59. The van der Waals surface area contributed by atoms with E-state index < -0.39 is 0 Å². The molecule has 4 rings (SSSR count). The lowest BCUT2D eigenvalue weighted by Crippen LogP contribution is -2.21. The molecule has 2 aromatic rings. The second-order valence-electron chi connectivity index (χ2n) is 6.14. The maximum absolute atomic E-state index is 2.59. The second-order valence-corrected chi connectivity index (χ2v) is 6.14. The van der Waals surface area contributed by atoms with E-state index in [2.05, 4.69) is 71.6 Å². The third-order valence-electron chi connectivity index (χ3n) is 4.69. The summed E-state index contributed by atoms with van der Waals surface area (Å²) in [5.41, 5.74) is 7.04. The molecular weight excluding hydrogens is 266 g/mol. The molecule has 0 radical (unpaired) electrons. The molecule has 2 aromatic carbocycles. The number of fused-ring (bicyclic) bond motifs is 1. The van der Waals surface area contributed by atoms with Crippen molar-refractivity contribution >= 4 is 11.6 Å². The predicted molar refractivity (Wildman–Crippen MR) is 93.3 cm³/mol. The van der Waals surface area contributed by atoms with Crippen molar-refractivity contribution in [3.8, 4) is 0 Å². The number of benzene rings is 2. The summed E-state index contributed by atoms with van der Waals surface area (Å²) in [6.07, 6.45) is 8.22. The van der Waals surface area contributed by atoms with E-state index in [0.717, 1.165) is 6.42 Å². The quantitative estimate of drug-likeness (QED) is 0.786. The van der Waals surface area contributed by atoms with Crippen molar-refractivity contribution < 1.29 is 0 Å². The molecule has 0 atom stereocenters. The first-order chi connectivity index (χ1) is 10.9. The number of hydrogen-bond donors (Lipinski definition) is 0. The zero-order valence-corrected chi connectivity index (χ0v) is 12.8. The number of nitrogens with zero attached hydrogens (tertiary/aromatic N) is 1. The van der Waals surface area contributed by atoms with E-state index in [4.69, 9.17) is 0 Å². The lowest BCUT2D eigenvalue weighted by atomic mass is 9.99. The van der Waals surface area contributed by atoms with Gasteiger partial charge in [-0.3, -0.25) is 0 Å². The molecule has 1 nitrogen and oxygen atoms in total. The van der Waals surface area contributed by atoms with Crippen molar-refractivity contribution in [1.82, 2.24) is 4.90 Å². The van der Waals surface area contributed by atoms with Gasteiger partial charge in [-0.05, 0) is 29.5 Å². The first-order valence-electron chi connectivity index (χ1n) is 8.21. The van der Waals surface area contributed by atoms with Gasteiger partial charge in [0.25, 0.3) is 0 Å². The van der Waals surface area contributed by atoms with Crippen molar-refractivity contribution in [2.24, 2.45) is 0 Å². The Morgan fingerprint density at radius 2 is 1.55 bits per heavy atom. The summed E-state index contributed by atoms with van der Waals surface area (Å²) in [7, 11) is 0. The van der Waals surface area contributed by atoms with Gasteiger partial charge in [0.05, 0.1) is 0 Å². The van der Waals surface area contributed by atoms with Crippen LogP contribution in [0.3, 0.4) is 0 Å². The minimum Gasteiger partial charge on any atom is -0.374 e. The van der Waals surface area contributed by atoms with Crippen molar-refractivity contribution in [1.29, 1.82) is 0 Å². The van der Waals surface area contributed by atoms with Crippen LogP contribution >= 0.6 is 0 Å². The Kier molecular flexibility index (Phi) is 3.56.